The fourth-order valence-electron chi connectivity index (χ4n) is 1.91. The van der Waals surface area contributed by atoms with Crippen LogP contribution in [0, 0.1) is 17.0 Å². The molecular formula is C11H14N2O5S. The average molecular weight is 286 g/mol. The van der Waals surface area contributed by atoms with Crippen LogP contribution >= 0.6 is 0 Å². The summed E-state index contributed by atoms with van der Waals surface area (Å²) in [6.45, 7) is 2.84. The van der Waals surface area contributed by atoms with E-state index in [0.717, 1.165) is 6.07 Å². The van der Waals surface area contributed by atoms with Crippen LogP contribution in [0.4, 0.5) is 5.69 Å². The molecule has 1 fully saturated rings. The summed E-state index contributed by atoms with van der Waals surface area (Å²) < 4.78 is 31.3. The topological polar surface area (TPSA) is 89.8 Å². The summed E-state index contributed by atoms with van der Waals surface area (Å²) >= 11 is 0. The number of non-ortho nitro benzene ring substituents is 1. The first-order chi connectivity index (χ1) is 8.93. The molecular weight excluding hydrogens is 272 g/mol. The number of sulfonamides is 1. The Labute approximate surface area is 111 Å². The molecule has 8 heteroatoms. The highest BCUT2D eigenvalue weighted by atomic mass is 32.2. The maximum absolute atomic E-state index is 12.4. The highest BCUT2D eigenvalue weighted by Crippen LogP contribution is 2.25. The smallest absolute Gasteiger partial charge is 0.270 e. The van der Waals surface area contributed by atoms with Crippen LogP contribution in [0.5, 0.6) is 0 Å². The zero-order valence-electron chi connectivity index (χ0n) is 10.4. The molecule has 1 heterocycles. The number of aryl methyl sites for hydroxylation is 1. The molecule has 0 radical (unpaired) electrons. The summed E-state index contributed by atoms with van der Waals surface area (Å²) in [4.78, 5) is 10.1. The van der Waals surface area contributed by atoms with Crippen molar-refractivity contribution >= 4 is 15.7 Å². The molecule has 1 aliphatic heterocycles. The van der Waals surface area contributed by atoms with Gasteiger partial charge in [-0.05, 0) is 12.5 Å². The minimum atomic E-state index is -3.70. The molecule has 104 valence electrons. The number of ether oxygens (including phenoxy) is 1. The first-order valence-corrected chi connectivity index (χ1v) is 7.20. The Morgan fingerprint density at radius 2 is 1.95 bits per heavy atom. The molecule has 0 unspecified atom stereocenters. The van der Waals surface area contributed by atoms with Crippen LogP contribution in [0.15, 0.2) is 23.1 Å². The van der Waals surface area contributed by atoms with E-state index in [-0.39, 0.29) is 23.7 Å². The minimum absolute atomic E-state index is 0.0106. The molecule has 1 aromatic carbocycles. The van der Waals surface area contributed by atoms with Gasteiger partial charge in [-0.2, -0.15) is 4.31 Å². The first kappa shape index (κ1) is 13.9. The third-order valence-corrected chi connectivity index (χ3v) is 5.01. The predicted octanol–water partition coefficient (Wildman–Crippen LogP) is 0.924. The maximum Gasteiger partial charge on any atom is 0.270 e. The predicted molar refractivity (Wildman–Crippen MR) is 67.4 cm³/mol. The van der Waals surface area contributed by atoms with Gasteiger partial charge < -0.3 is 4.74 Å². The maximum atomic E-state index is 12.4. The second-order valence-electron chi connectivity index (χ2n) is 4.22. The molecule has 0 aromatic heterocycles. The van der Waals surface area contributed by atoms with E-state index in [9.17, 15) is 18.5 Å². The van der Waals surface area contributed by atoms with E-state index in [1.165, 1.54) is 16.4 Å². The van der Waals surface area contributed by atoms with Gasteiger partial charge in [-0.15, -0.1) is 0 Å². The normalized spacial score (nSPS) is 17.3. The molecule has 2 rings (SSSR count). The number of rotatable bonds is 3. The Hall–Kier alpha value is -1.51. The van der Waals surface area contributed by atoms with Crippen molar-refractivity contribution in [1.82, 2.24) is 4.31 Å². The van der Waals surface area contributed by atoms with Gasteiger partial charge in [0.25, 0.3) is 5.69 Å². The molecule has 19 heavy (non-hydrogen) atoms. The van der Waals surface area contributed by atoms with Gasteiger partial charge in [-0.1, -0.05) is 6.07 Å². The van der Waals surface area contributed by atoms with Crippen molar-refractivity contribution in [3.63, 3.8) is 0 Å². The fourth-order valence-corrected chi connectivity index (χ4v) is 3.56. The van der Waals surface area contributed by atoms with Crippen LogP contribution in [0.1, 0.15) is 5.56 Å². The summed E-state index contributed by atoms with van der Waals surface area (Å²) in [6, 6.07) is 3.86. The fraction of sp³-hybridized carbons (Fsp3) is 0.455. The second kappa shape index (κ2) is 5.24. The number of hydrogen-bond donors (Lipinski definition) is 0. The van der Waals surface area contributed by atoms with Crippen LogP contribution in [0.2, 0.25) is 0 Å². The monoisotopic (exact) mass is 286 g/mol. The van der Waals surface area contributed by atoms with E-state index in [1.54, 1.807) is 6.92 Å². The standard InChI is InChI=1S/C11H14N2O5S/c1-9-2-3-10(13(14)15)8-11(9)19(16,17)12-4-6-18-7-5-12/h2-3,8H,4-7H2,1H3. The van der Waals surface area contributed by atoms with E-state index < -0.39 is 14.9 Å². The Kier molecular flexibility index (Phi) is 3.83. The highest BCUT2D eigenvalue weighted by Gasteiger charge is 2.29. The summed E-state index contributed by atoms with van der Waals surface area (Å²) in [6.07, 6.45) is 0. The lowest BCUT2D eigenvalue weighted by Gasteiger charge is -2.26. The number of morpholine rings is 1. The van der Waals surface area contributed by atoms with Gasteiger partial charge in [0, 0.05) is 25.2 Å². The van der Waals surface area contributed by atoms with E-state index in [4.69, 9.17) is 4.74 Å². The molecule has 7 nitrogen and oxygen atoms in total. The Balaban J connectivity index is 2.44. The lowest BCUT2D eigenvalue weighted by Crippen LogP contribution is -2.40. The van der Waals surface area contributed by atoms with E-state index in [0.29, 0.717) is 18.8 Å². The molecule has 0 amide bonds. The summed E-state index contributed by atoms with van der Waals surface area (Å²) in [7, 11) is -3.70. The van der Waals surface area contributed by atoms with Crippen LogP contribution in [0.3, 0.4) is 0 Å². The van der Waals surface area contributed by atoms with Gasteiger partial charge in [0.05, 0.1) is 23.0 Å². The quantitative estimate of drug-likeness (QED) is 0.609. The van der Waals surface area contributed by atoms with E-state index in [2.05, 4.69) is 0 Å². The lowest BCUT2D eigenvalue weighted by atomic mass is 10.2. The van der Waals surface area contributed by atoms with Crippen molar-refractivity contribution in [1.29, 1.82) is 0 Å². The molecule has 0 saturated carbocycles. The molecule has 0 atom stereocenters. The lowest BCUT2D eigenvalue weighted by molar-refractivity contribution is -0.385. The molecule has 0 bridgehead atoms. The van der Waals surface area contributed by atoms with Gasteiger partial charge in [0.2, 0.25) is 10.0 Å². The summed E-state index contributed by atoms with van der Waals surface area (Å²) in [5.41, 5.74) is 0.273. The molecule has 0 spiro atoms. The third-order valence-electron chi connectivity index (χ3n) is 2.97. The van der Waals surface area contributed by atoms with Crippen LogP contribution < -0.4 is 0 Å². The van der Waals surface area contributed by atoms with Crippen molar-refractivity contribution in [2.75, 3.05) is 26.3 Å². The number of hydrogen-bond acceptors (Lipinski definition) is 5. The van der Waals surface area contributed by atoms with Crippen LogP contribution in [-0.4, -0.2) is 43.9 Å². The number of nitro groups is 1. The zero-order chi connectivity index (χ0) is 14.0. The number of benzene rings is 1. The highest BCUT2D eigenvalue weighted by molar-refractivity contribution is 7.89. The summed E-state index contributed by atoms with van der Waals surface area (Å²) in [5, 5.41) is 10.7. The molecule has 1 aromatic rings. The Morgan fingerprint density at radius 3 is 2.53 bits per heavy atom. The van der Waals surface area contributed by atoms with Crippen LogP contribution in [-0.2, 0) is 14.8 Å². The molecule has 0 N–H and O–H groups in total. The summed E-state index contributed by atoms with van der Waals surface area (Å²) in [5.74, 6) is 0. The van der Waals surface area contributed by atoms with Crippen molar-refractivity contribution in [3.05, 3.63) is 33.9 Å². The van der Waals surface area contributed by atoms with Gasteiger partial charge >= 0.3 is 0 Å². The van der Waals surface area contributed by atoms with Gasteiger partial charge in [-0.3, -0.25) is 10.1 Å². The van der Waals surface area contributed by atoms with Crippen molar-refractivity contribution < 1.29 is 18.1 Å². The SMILES string of the molecule is Cc1ccc([N+](=O)[O-])cc1S(=O)(=O)N1CCOCC1. The second-order valence-corrected chi connectivity index (χ2v) is 6.13. The average Bonchev–Trinajstić information content (AvgIpc) is 2.39. The largest absolute Gasteiger partial charge is 0.379 e. The van der Waals surface area contributed by atoms with Gasteiger partial charge in [0.1, 0.15) is 0 Å². The Morgan fingerprint density at radius 1 is 1.32 bits per heavy atom. The molecule has 1 aliphatic rings. The number of nitrogens with zero attached hydrogens (tertiary/aromatic N) is 2. The molecule has 1 saturated heterocycles. The third kappa shape index (κ3) is 2.75. The molecule has 0 aliphatic carbocycles. The van der Waals surface area contributed by atoms with E-state index in [1.807, 2.05) is 0 Å². The van der Waals surface area contributed by atoms with Crippen molar-refractivity contribution in [2.24, 2.45) is 0 Å². The zero-order valence-corrected chi connectivity index (χ0v) is 11.2. The van der Waals surface area contributed by atoms with E-state index >= 15 is 0 Å². The Bertz CT molecular complexity index is 593. The number of nitro benzene ring substituents is 1. The van der Waals surface area contributed by atoms with Gasteiger partial charge in [0.15, 0.2) is 0 Å². The van der Waals surface area contributed by atoms with Crippen molar-refractivity contribution in [3.8, 4) is 0 Å². The van der Waals surface area contributed by atoms with Crippen LogP contribution in [0.25, 0.3) is 0 Å². The first-order valence-electron chi connectivity index (χ1n) is 5.76. The van der Waals surface area contributed by atoms with Gasteiger partial charge in [-0.25, -0.2) is 8.42 Å². The minimum Gasteiger partial charge on any atom is -0.379 e. The van der Waals surface area contributed by atoms with Crippen molar-refractivity contribution in [2.45, 2.75) is 11.8 Å².